The molecule has 106 valence electrons. The number of methoxy groups -OCH3 is 2. The van der Waals surface area contributed by atoms with Gasteiger partial charge >= 0.3 is 11.9 Å². The van der Waals surface area contributed by atoms with E-state index in [-0.39, 0.29) is 6.29 Å². The quantitative estimate of drug-likeness (QED) is 0.484. The van der Waals surface area contributed by atoms with Crippen LogP contribution >= 0.6 is 0 Å². The molecule has 6 nitrogen and oxygen atoms in total. The maximum absolute atomic E-state index is 11.0. The molecule has 0 amide bonds. The molecular formula is C12H22O6. The van der Waals surface area contributed by atoms with E-state index in [0.717, 1.165) is 0 Å². The zero-order valence-electron chi connectivity index (χ0n) is 11.6. The molecule has 0 aliphatic heterocycles. The molecule has 0 fully saturated rings. The Hall–Kier alpha value is -1.14. The molecule has 0 unspecified atom stereocenters. The lowest BCUT2D eigenvalue weighted by atomic mass is 10.1. The van der Waals surface area contributed by atoms with Crippen LogP contribution in [0.15, 0.2) is 0 Å². The van der Waals surface area contributed by atoms with Crippen LogP contribution < -0.4 is 0 Å². The zero-order chi connectivity index (χ0) is 14.1. The Kier molecular flexibility index (Phi) is 8.32. The van der Waals surface area contributed by atoms with E-state index in [1.807, 2.05) is 0 Å². The molecule has 0 aromatic heterocycles. The van der Waals surface area contributed by atoms with E-state index >= 15 is 0 Å². The number of hydrogen-bond acceptors (Lipinski definition) is 6. The molecule has 0 aliphatic carbocycles. The molecular weight excluding hydrogens is 240 g/mol. The van der Waals surface area contributed by atoms with Crippen molar-refractivity contribution in [2.45, 2.75) is 52.1 Å². The lowest BCUT2D eigenvalue weighted by molar-refractivity contribution is -0.167. The van der Waals surface area contributed by atoms with Crippen molar-refractivity contribution in [3.8, 4) is 0 Å². The van der Waals surface area contributed by atoms with Crippen LogP contribution in [0.5, 0.6) is 0 Å². The summed E-state index contributed by atoms with van der Waals surface area (Å²) in [5, 5.41) is 0. The molecule has 0 rings (SSSR count). The molecule has 18 heavy (non-hydrogen) atoms. The third-order valence-corrected chi connectivity index (χ3v) is 2.41. The summed E-state index contributed by atoms with van der Waals surface area (Å²) in [6, 6.07) is 0. The highest BCUT2D eigenvalue weighted by atomic mass is 16.7. The van der Waals surface area contributed by atoms with Crippen molar-refractivity contribution in [2.75, 3.05) is 14.2 Å². The van der Waals surface area contributed by atoms with Gasteiger partial charge in [0.15, 0.2) is 6.29 Å². The van der Waals surface area contributed by atoms with E-state index in [4.69, 9.17) is 18.9 Å². The Balaban J connectivity index is 4.38. The number of ether oxygens (including phenoxy) is 4. The lowest BCUT2D eigenvalue weighted by Gasteiger charge is -2.24. The van der Waals surface area contributed by atoms with Gasteiger partial charge in [-0.25, -0.2) is 0 Å². The average Bonchev–Trinajstić information content (AvgIpc) is 2.27. The van der Waals surface area contributed by atoms with E-state index in [2.05, 4.69) is 0 Å². The summed E-state index contributed by atoms with van der Waals surface area (Å²) in [5.41, 5.74) is 0. The summed E-state index contributed by atoms with van der Waals surface area (Å²) < 4.78 is 20.2. The second-order valence-corrected chi connectivity index (χ2v) is 3.94. The van der Waals surface area contributed by atoms with Gasteiger partial charge in [-0.15, -0.1) is 0 Å². The first-order chi connectivity index (χ1) is 8.40. The molecule has 0 saturated heterocycles. The number of carbonyl (C=O) groups is 2. The minimum absolute atomic E-state index is 0.368. The van der Waals surface area contributed by atoms with Crippen molar-refractivity contribution in [2.24, 2.45) is 0 Å². The summed E-state index contributed by atoms with van der Waals surface area (Å²) in [5.74, 6) is -0.819. The molecule has 0 radical (unpaired) electrons. The third kappa shape index (κ3) is 7.24. The van der Waals surface area contributed by atoms with Gasteiger partial charge in [-0.05, 0) is 13.3 Å². The van der Waals surface area contributed by atoms with Gasteiger partial charge in [0.1, 0.15) is 12.2 Å². The molecule has 6 heteroatoms. The van der Waals surface area contributed by atoms with Crippen molar-refractivity contribution in [1.82, 2.24) is 0 Å². The Morgan fingerprint density at radius 1 is 0.944 bits per heavy atom. The third-order valence-electron chi connectivity index (χ3n) is 2.41. The highest BCUT2D eigenvalue weighted by Gasteiger charge is 2.24. The Bertz CT molecular complexity index is 261. The molecule has 0 heterocycles. The van der Waals surface area contributed by atoms with Gasteiger partial charge in [-0.3, -0.25) is 9.59 Å². The van der Waals surface area contributed by atoms with Crippen LogP contribution in [0.25, 0.3) is 0 Å². The van der Waals surface area contributed by atoms with Gasteiger partial charge in [-0.1, -0.05) is 0 Å². The number of esters is 2. The van der Waals surface area contributed by atoms with Crippen LogP contribution in [0.4, 0.5) is 0 Å². The van der Waals surface area contributed by atoms with E-state index < -0.39 is 24.1 Å². The molecule has 0 bridgehead atoms. The Labute approximate surface area is 108 Å². The van der Waals surface area contributed by atoms with Crippen LogP contribution in [0.3, 0.4) is 0 Å². The molecule has 0 aromatic rings. The standard InChI is InChI=1S/C12H22O6/c1-8(17-9(2)13)11(18-10(3)14)6-7-12(15-4)16-5/h8,11-12H,6-7H2,1-5H3/t8-,11+/m1/s1. The van der Waals surface area contributed by atoms with Gasteiger partial charge < -0.3 is 18.9 Å². The van der Waals surface area contributed by atoms with Crippen LogP contribution in [0.1, 0.15) is 33.6 Å². The van der Waals surface area contributed by atoms with Crippen molar-refractivity contribution in [1.29, 1.82) is 0 Å². The van der Waals surface area contributed by atoms with E-state index in [1.54, 1.807) is 6.92 Å². The lowest BCUT2D eigenvalue weighted by Crippen LogP contribution is -2.33. The first-order valence-electron chi connectivity index (χ1n) is 5.80. The average molecular weight is 262 g/mol. The Morgan fingerprint density at radius 2 is 1.44 bits per heavy atom. The molecule has 0 spiro atoms. The topological polar surface area (TPSA) is 71.1 Å². The largest absolute Gasteiger partial charge is 0.459 e. The second-order valence-electron chi connectivity index (χ2n) is 3.94. The minimum atomic E-state index is -0.501. The van der Waals surface area contributed by atoms with E-state index in [1.165, 1.54) is 28.1 Å². The molecule has 2 atom stereocenters. The summed E-state index contributed by atoms with van der Waals surface area (Å²) in [6.07, 6.45) is -0.343. The molecule has 0 aromatic carbocycles. The number of rotatable bonds is 8. The van der Waals surface area contributed by atoms with Gasteiger partial charge in [-0.2, -0.15) is 0 Å². The molecule has 0 aliphatic rings. The maximum Gasteiger partial charge on any atom is 0.303 e. The summed E-state index contributed by atoms with van der Waals surface area (Å²) in [7, 11) is 3.06. The van der Waals surface area contributed by atoms with Gasteiger partial charge in [0.05, 0.1) is 0 Å². The maximum atomic E-state index is 11.0. The van der Waals surface area contributed by atoms with Crippen LogP contribution in [-0.2, 0) is 28.5 Å². The van der Waals surface area contributed by atoms with Crippen molar-refractivity contribution in [3.63, 3.8) is 0 Å². The van der Waals surface area contributed by atoms with Gasteiger partial charge in [0.25, 0.3) is 0 Å². The summed E-state index contributed by atoms with van der Waals surface area (Å²) in [4.78, 5) is 21.9. The summed E-state index contributed by atoms with van der Waals surface area (Å²) >= 11 is 0. The van der Waals surface area contributed by atoms with Gasteiger partial charge in [0, 0.05) is 34.5 Å². The fourth-order valence-electron chi connectivity index (χ4n) is 1.57. The molecule has 0 saturated carbocycles. The summed E-state index contributed by atoms with van der Waals surface area (Å²) in [6.45, 7) is 4.32. The van der Waals surface area contributed by atoms with Crippen molar-refractivity contribution < 1.29 is 28.5 Å². The van der Waals surface area contributed by atoms with Crippen molar-refractivity contribution >= 4 is 11.9 Å². The number of hydrogen-bond donors (Lipinski definition) is 0. The first-order valence-corrected chi connectivity index (χ1v) is 5.80. The van der Waals surface area contributed by atoms with E-state index in [0.29, 0.717) is 12.8 Å². The fourth-order valence-corrected chi connectivity index (χ4v) is 1.57. The minimum Gasteiger partial charge on any atom is -0.459 e. The second kappa shape index (κ2) is 8.88. The zero-order valence-corrected chi connectivity index (χ0v) is 11.6. The first kappa shape index (κ1) is 16.9. The van der Waals surface area contributed by atoms with Gasteiger partial charge in [0.2, 0.25) is 0 Å². The molecule has 0 N–H and O–H groups in total. The predicted molar refractivity (Wildman–Crippen MR) is 63.8 cm³/mol. The SMILES string of the molecule is COC(CC[C@H](OC(C)=O)[C@@H](C)OC(C)=O)OC. The highest BCUT2D eigenvalue weighted by Crippen LogP contribution is 2.14. The number of carbonyl (C=O) groups excluding carboxylic acids is 2. The monoisotopic (exact) mass is 262 g/mol. The van der Waals surface area contributed by atoms with Crippen LogP contribution in [0, 0.1) is 0 Å². The fraction of sp³-hybridized carbons (Fsp3) is 0.833. The van der Waals surface area contributed by atoms with Crippen LogP contribution in [0.2, 0.25) is 0 Å². The highest BCUT2D eigenvalue weighted by molar-refractivity contribution is 5.67. The Morgan fingerprint density at radius 3 is 1.83 bits per heavy atom. The normalized spacial score (nSPS) is 14.1. The van der Waals surface area contributed by atoms with E-state index in [9.17, 15) is 9.59 Å². The van der Waals surface area contributed by atoms with Crippen molar-refractivity contribution in [3.05, 3.63) is 0 Å². The van der Waals surface area contributed by atoms with Crippen LogP contribution in [-0.4, -0.2) is 44.7 Å². The predicted octanol–water partition coefficient (Wildman–Crippen LogP) is 1.27. The smallest absolute Gasteiger partial charge is 0.303 e.